The summed E-state index contributed by atoms with van der Waals surface area (Å²) in [7, 11) is 0. The van der Waals surface area contributed by atoms with E-state index in [2.05, 4.69) is 27.7 Å². The van der Waals surface area contributed by atoms with Gasteiger partial charge in [0, 0.05) is 0 Å². The van der Waals surface area contributed by atoms with Gasteiger partial charge in [0.15, 0.2) is 0 Å². The van der Waals surface area contributed by atoms with E-state index in [1.54, 1.807) is 12.8 Å². The Morgan fingerprint density at radius 2 is 1.93 bits per heavy atom. The molecule has 0 amide bonds. The van der Waals surface area contributed by atoms with Gasteiger partial charge in [-0.1, -0.05) is 47.0 Å². The number of rotatable bonds is 3. The van der Waals surface area contributed by atoms with Crippen LogP contribution >= 0.6 is 0 Å². The van der Waals surface area contributed by atoms with E-state index in [0.717, 1.165) is 22.7 Å². The van der Waals surface area contributed by atoms with Crippen molar-refractivity contribution in [1.29, 1.82) is 0 Å². The molecular formula is C15H28. The first-order chi connectivity index (χ1) is 7.06. The van der Waals surface area contributed by atoms with Gasteiger partial charge in [-0.05, 0) is 48.3 Å². The molecule has 0 aromatic heterocycles. The minimum absolute atomic E-state index is 0.735. The molecule has 0 N–H and O–H groups in total. The van der Waals surface area contributed by atoms with E-state index < -0.39 is 0 Å². The van der Waals surface area contributed by atoms with Gasteiger partial charge >= 0.3 is 0 Å². The highest BCUT2D eigenvalue weighted by molar-refractivity contribution is 5.07. The Morgan fingerprint density at radius 3 is 2.33 bits per heavy atom. The summed E-state index contributed by atoms with van der Waals surface area (Å²) in [6.07, 6.45) is 10.5. The van der Waals surface area contributed by atoms with Gasteiger partial charge in [0.1, 0.15) is 0 Å². The standard InChI is InChI=1S/C15H28/c1-5-13(4)15(6-2)10-14(11-15)8-7-12(3)9-14/h12-13H,5-11H2,1-4H3/t12?,13-,14?,15?/m0/s1. The van der Waals surface area contributed by atoms with Crippen LogP contribution in [0.1, 0.15) is 72.6 Å². The quantitative estimate of drug-likeness (QED) is 0.610. The fourth-order valence-electron chi connectivity index (χ4n) is 4.64. The van der Waals surface area contributed by atoms with Crippen LogP contribution in [-0.4, -0.2) is 0 Å². The van der Waals surface area contributed by atoms with Crippen molar-refractivity contribution in [2.75, 3.05) is 0 Å². The van der Waals surface area contributed by atoms with Crippen molar-refractivity contribution in [3.8, 4) is 0 Å². The second-order valence-corrected chi connectivity index (χ2v) is 6.73. The zero-order valence-corrected chi connectivity index (χ0v) is 11.1. The normalized spacial score (nSPS) is 46.8. The summed E-state index contributed by atoms with van der Waals surface area (Å²) in [4.78, 5) is 0. The molecule has 2 aliphatic carbocycles. The molecule has 1 unspecified atom stereocenters. The predicted octanol–water partition coefficient (Wildman–Crippen LogP) is 5.03. The average molecular weight is 208 g/mol. The van der Waals surface area contributed by atoms with Crippen LogP contribution in [0.5, 0.6) is 0 Å². The summed E-state index contributed by atoms with van der Waals surface area (Å²) in [6.45, 7) is 9.71. The van der Waals surface area contributed by atoms with E-state index >= 15 is 0 Å². The SMILES string of the molecule is CC[C@H](C)C1(CC)CC2(CCC(C)C2)C1. The van der Waals surface area contributed by atoms with E-state index in [4.69, 9.17) is 0 Å². The van der Waals surface area contributed by atoms with Gasteiger partial charge in [-0.3, -0.25) is 0 Å². The monoisotopic (exact) mass is 208 g/mol. The van der Waals surface area contributed by atoms with Crippen LogP contribution in [0.4, 0.5) is 0 Å². The summed E-state index contributed by atoms with van der Waals surface area (Å²) in [5.41, 5.74) is 1.54. The number of hydrogen-bond donors (Lipinski definition) is 0. The number of hydrogen-bond acceptors (Lipinski definition) is 0. The maximum atomic E-state index is 2.48. The van der Waals surface area contributed by atoms with Crippen LogP contribution in [0.3, 0.4) is 0 Å². The zero-order valence-electron chi connectivity index (χ0n) is 11.1. The van der Waals surface area contributed by atoms with Crippen molar-refractivity contribution < 1.29 is 0 Å². The predicted molar refractivity (Wildman–Crippen MR) is 66.9 cm³/mol. The van der Waals surface area contributed by atoms with Crippen molar-refractivity contribution >= 4 is 0 Å². The molecule has 0 saturated heterocycles. The Labute approximate surface area is 95.8 Å². The Hall–Kier alpha value is 0. The minimum Gasteiger partial charge on any atom is -0.0651 e. The van der Waals surface area contributed by atoms with Gasteiger partial charge in [0.2, 0.25) is 0 Å². The zero-order chi connectivity index (χ0) is 11.1. The van der Waals surface area contributed by atoms with Gasteiger partial charge < -0.3 is 0 Å². The first-order valence-electron chi connectivity index (χ1n) is 7.06. The van der Waals surface area contributed by atoms with E-state index in [0.29, 0.717) is 0 Å². The van der Waals surface area contributed by atoms with E-state index in [1.807, 2.05) is 0 Å². The van der Waals surface area contributed by atoms with Crippen molar-refractivity contribution in [3.63, 3.8) is 0 Å². The molecule has 2 rings (SSSR count). The van der Waals surface area contributed by atoms with E-state index in [9.17, 15) is 0 Å². The molecule has 0 radical (unpaired) electrons. The lowest BCUT2D eigenvalue weighted by Crippen LogP contribution is -2.48. The lowest BCUT2D eigenvalue weighted by molar-refractivity contribution is -0.0812. The molecule has 2 fully saturated rings. The molecule has 2 saturated carbocycles. The van der Waals surface area contributed by atoms with Crippen LogP contribution in [0, 0.1) is 22.7 Å². The fourth-order valence-corrected chi connectivity index (χ4v) is 4.64. The van der Waals surface area contributed by atoms with Crippen LogP contribution in [0.25, 0.3) is 0 Å². The highest BCUT2D eigenvalue weighted by Crippen LogP contribution is 2.67. The van der Waals surface area contributed by atoms with Crippen LogP contribution < -0.4 is 0 Å². The van der Waals surface area contributed by atoms with Gasteiger partial charge in [0.25, 0.3) is 0 Å². The smallest absolute Gasteiger partial charge is 0.0264 e. The van der Waals surface area contributed by atoms with Crippen LogP contribution in [0.15, 0.2) is 0 Å². The third kappa shape index (κ3) is 1.74. The van der Waals surface area contributed by atoms with Gasteiger partial charge in [-0.25, -0.2) is 0 Å². The molecule has 1 spiro atoms. The fraction of sp³-hybridized carbons (Fsp3) is 1.00. The highest BCUT2D eigenvalue weighted by Gasteiger charge is 2.56. The first kappa shape index (κ1) is 11.5. The van der Waals surface area contributed by atoms with Crippen LogP contribution in [0.2, 0.25) is 0 Å². The maximum Gasteiger partial charge on any atom is -0.0264 e. The lowest BCUT2D eigenvalue weighted by atomic mass is 9.47. The lowest BCUT2D eigenvalue weighted by Gasteiger charge is -2.58. The van der Waals surface area contributed by atoms with Crippen molar-refractivity contribution in [3.05, 3.63) is 0 Å². The second-order valence-electron chi connectivity index (χ2n) is 6.73. The van der Waals surface area contributed by atoms with Gasteiger partial charge in [0.05, 0.1) is 0 Å². The van der Waals surface area contributed by atoms with E-state index in [1.165, 1.54) is 32.1 Å². The summed E-state index contributed by atoms with van der Waals surface area (Å²) >= 11 is 0. The van der Waals surface area contributed by atoms with Crippen LogP contribution in [-0.2, 0) is 0 Å². The summed E-state index contributed by atoms with van der Waals surface area (Å²) < 4.78 is 0. The molecule has 0 aromatic carbocycles. The van der Waals surface area contributed by atoms with Crippen molar-refractivity contribution in [1.82, 2.24) is 0 Å². The topological polar surface area (TPSA) is 0 Å². The Kier molecular flexibility index (Phi) is 2.90. The Morgan fingerprint density at radius 1 is 1.27 bits per heavy atom. The van der Waals surface area contributed by atoms with Gasteiger partial charge in [-0.15, -0.1) is 0 Å². The first-order valence-corrected chi connectivity index (χ1v) is 7.06. The molecule has 0 aliphatic heterocycles. The Bertz CT molecular complexity index is 222. The largest absolute Gasteiger partial charge is 0.0651 e. The maximum absolute atomic E-state index is 2.48. The third-order valence-corrected chi connectivity index (χ3v) is 5.76. The molecule has 0 heteroatoms. The summed E-state index contributed by atoms with van der Waals surface area (Å²) in [5, 5.41) is 0. The molecular weight excluding hydrogens is 180 g/mol. The second kappa shape index (κ2) is 3.79. The van der Waals surface area contributed by atoms with Gasteiger partial charge in [-0.2, -0.15) is 0 Å². The minimum atomic E-state index is 0.735. The average Bonchev–Trinajstić information content (AvgIpc) is 2.56. The third-order valence-electron chi connectivity index (χ3n) is 5.76. The van der Waals surface area contributed by atoms with E-state index in [-0.39, 0.29) is 0 Å². The molecule has 0 aromatic rings. The Balaban J connectivity index is 1.99. The molecule has 15 heavy (non-hydrogen) atoms. The highest BCUT2D eigenvalue weighted by atomic mass is 14.6. The van der Waals surface area contributed by atoms with Crippen molar-refractivity contribution in [2.24, 2.45) is 22.7 Å². The summed E-state index contributed by atoms with van der Waals surface area (Å²) in [6, 6.07) is 0. The molecule has 0 heterocycles. The molecule has 2 atom stereocenters. The molecule has 0 bridgehead atoms. The molecule has 0 nitrogen and oxygen atoms in total. The van der Waals surface area contributed by atoms with Crippen molar-refractivity contribution in [2.45, 2.75) is 72.6 Å². The summed E-state index contributed by atoms with van der Waals surface area (Å²) in [5.74, 6) is 1.96. The molecule has 2 aliphatic rings. The molecule has 88 valence electrons.